The van der Waals surface area contributed by atoms with E-state index < -0.39 is 11.7 Å². The van der Waals surface area contributed by atoms with E-state index in [1.165, 1.54) is 6.07 Å². The lowest BCUT2D eigenvalue weighted by molar-refractivity contribution is -0.137. The van der Waals surface area contributed by atoms with Crippen molar-refractivity contribution in [3.05, 3.63) is 59.2 Å². The molecule has 2 N–H and O–H groups in total. The molecule has 0 saturated heterocycles. The second-order valence-corrected chi connectivity index (χ2v) is 5.16. The predicted molar refractivity (Wildman–Crippen MR) is 74.5 cm³/mol. The first kappa shape index (κ1) is 13.8. The van der Waals surface area contributed by atoms with E-state index in [1.54, 1.807) is 18.2 Å². The zero-order chi connectivity index (χ0) is 15.0. The van der Waals surface area contributed by atoms with Gasteiger partial charge in [-0.05, 0) is 41.8 Å². The van der Waals surface area contributed by atoms with Crippen molar-refractivity contribution in [2.24, 2.45) is 0 Å². The molecule has 1 atom stereocenters. The van der Waals surface area contributed by atoms with Crippen LogP contribution in [0.1, 0.15) is 29.0 Å². The van der Waals surface area contributed by atoms with Crippen LogP contribution in [0.25, 0.3) is 0 Å². The molecule has 2 nitrogen and oxygen atoms in total. The topological polar surface area (TPSA) is 32.3 Å². The molecule has 0 aliphatic carbocycles. The molecule has 110 valence electrons. The lowest BCUT2D eigenvalue weighted by Gasteiger charge is -2.28. The monoisotopic (exact) mass is 293 g/mol. The molecule has 2 aromatic rings. The summed E-state index contributed by atoms with van der Waals surface area (Å²) in [6.07, 6.45) is -3.52. The van der Waals surface area contributed by atoms with Gasteiger partial charge >= 0.3 is 6.18 Å². The quantitative estimate of drug-likeness (QED) is 0.819. The molecule has 0 radical (unpaired) electrons. The molecule has 1 heterocycles. The third-order valence-corrected chi connectivity index (χ3v) is 3.80. The number of rotatable bonds is 1. The van der Waals surface area contributed by atoms with Crippen LogP contribution < -0.4 is 5.32 Å². The molecule has 1 aliphatic heterocycles. The van der Waals surface area contributed by atoms with Crippen LogP contribution in [0.5, 0.6) is 5.75 Å². The largest absolute Gasteiger partial charge is 0.508 e. The van der Waals surface area contributed by atoms with Crippen molar-refractivity contribution in [1.82, 2.24) is 0 Å². The third-order valence-electron chi connectivity index (χ3n) is 3.80. The lowest BCUT2D eigenvalue weighted by Crippen LogP contribution is -2.18. The van der Waals surface area contributed by atoms with Gasteiger partial charge in [-0.25, -0.2) is 0 Å². The van der Waals surface area contributed by atoms with Crippen LogP contribution in [-0.4, -0.2) is 11.7 Å². The maximum Gasteiger partial charge on any atom is 0.416 e. The van der Waals surface area contributed by atoms with Crippen molar-refractivity contribution in [2.45, 2.75) is 18.5 Å². The minimum Gasteiger partial charge on any atom is -0.508 e. The number of hydrogen-bond donors (Lipinski definition) is 2. The Bertz CT molecular complexity index is 650. The van der Waals surface area contributed by atoms with E-state index in [-0.39, 0.29) is 11.7 Å². The number of halogens is 3. The summed E-state index contributed by atoms with van der Waals surface area (Å²) in [6, 6.07) is 10.7. The van der Waals surface area contributed by atoms with Crippen LogP contribution in [0.3, 0.4) is 0 Å². The predicted octanol–water partition coefficient (Wildman–Crippen LogP) is 4.36. The molecular weight excluding hydrogens is 279 g/mol. The maximum absolute atomic E-state index is 12.8. The molecule has 3 rings (SSSR count). The zero-order valence-corrected chi connectivity index (χ0v) is 11.1. The molecule has 0 aromatic heterocycles. The number of phenolic OH excluding ortho intramolecular Hbond substituents is 1. The summed E-state index contributed by atoms with van der Waals surface area (Å²) in [7, 11) is 0. The number of benzene rings is 2. The fraction of sp³-hybridized carbons (Fsp3) is 0.250. The molecule has 0 bridgehead atoms. The molecular formula is C16H14F3NO. The highest BCUT2D eigenvalue weighted by Crippen LogP contribution is 2.40. The van der Waals surface area contributed by atoms with Gasteiger partial charge < -0.3 is 10.4 Å². The van der Waals surface area contributed by atoms with Gasteiger partial charge in [0.2, 0.25) is 0 Å². The van der Waals surface area contributed by atoms with Crippen molar-refractivity contribution >= 4 is 5.69 Å². The number of anilines is 1. The molecule has 0 saturated carbocycles. The van der Waals surface area contributed by atoms with E-state index in [0.717, 1.165) is 23.6 Å². The zero-order valence-electron chi connectivity index (χ0n) is 11.1. The Balaban J connectivity index is 2.00. The fourth-order valence-corrected chi connectivity index (χ4v) is 2.75. The van der Waals surface area contributed by atoms with Crippen molar-refractivity contribution in [2.75, 3.05) is 11.9 Å². The second-order valence-electron chi connectivity index (χ2n) is 5.16. The maximum atomic E-state index is 12.8. The fourth-order valence-electron chi connectivity index (χ4n) is 2.75. The van der Waals surface area contributed by atoms with Crippen LogP contribution in [0.4, 0.5) is 18.9 Å². The van der Waals surface area contributed by atoms with Gasteiger partial charge in [0, 0.05) is 18.2 Å². The molecule has 2 aromatic carbocycles. The first-order chi connectivity index (χ1) is 9.95. The average molecular weight is 293 g/mol. The number of aromatic hydroxyl groups is 1. The van der Waals surface area contributed by atoms with E-state index in [0.29, 0.717) is 12.2 Å². The van der Waals surface area contributed by atoms with E-state index >= 15 is 0 Å². The minimum absolute atomic E-state index is 0.0455. The molecule has 0 amide bonds. The van der Waals surface area contributed by atoms with Crippen molar-refractivity contribution in [3.63, 3.8) is 0 Å². The minimum atomic E-state index is -4.33. The van der Waals surface area contributed by atoms with Gasteiger partial charge in [0.1, 0.15) is 5.75 Å². The van der Waals surface area contributed by atoms with Gasteiger partial charge in [0.15, 0.2) is 0 Å². The van der Waals surface area contributed by atoms with Gasteiger partial charge in [-0.2, -0.15) is 13.2 Å². The summed E-state index contributed by atoms with van der Waals surface area (Å²) >= 11 is 0. The molecule has 0 fully saturated rings. The average Bonchev–Trinajstić information content (AvgIpc) is 2.46. The number of hydrogen-bond acceptors (Lipinski definition) is 2. The highest BCUT2D eigenvalue weighted by atomic mass is 19.4. The summed E-state index contributed by atoms with van der Waals surface area (Å²) in [4.78, 5) is 0. The Morgan fingerprint density at radius 3 is 2.43 bits per heavy atom. The lowest BCUT2D eigenvalue weighted by atomic mass is 9.84. The summed E-state index contributed by atoms with van der Waals surface area (Å²) in [5.41, 5.74) is 1.75. The van der Waals surface area contributed by atoms with E-state index in [2.05, 4.69) is 5.32 Å². The van der Waals surface area contributed by atoms with Crippen LogP contribution in [0.15, 0.2) is 42.5 Å². The summed E-state index contributed by atoms with van der Waals surface area (Å²) in [5.74, 6) is 0.226. The van der Waals surface area contributed by atoms with Gasteiger partial charge in [-0.15, -0.1) is 0 Å². The number of nitrogens with one attached hydrogen (secondary N) is 1. The Morgan fingerprint density at radius 1 is 1.05 bits per heavy atom. The summed E-state index contributed by atoms with van der Waals surface area (Å²) in [5, 5.41) is 12.4. The number of phenols is 1. The van der Waals surface area contributed by atoms with Crippen molar-refractivity contribution < 1.29 is 18.3 Å². The molecule has 21 heavy (non-hydrogen) atoms. The first-order valence-corrected chi connectivity index (χ1v) is 6.69. The van der Waals surface area contributed by atoms with Crippen LogP contribution >= 0.6 is 0 Å². The molecule has 1 unspecified atom stereocenters. The van der Waals surface area contributed by atoms with Crippen LogP contribution in [0, 0.1) is 0 Å². The number of fused-ring (bicyclic) bond motifs is 1. The SMILES string of the molecule is Oc1ccc(C2CCNc3cc(C(F)(F)F)ccc32)cc1. The van der Waals surface area contributed by atoms with Crippen LogP contribution in [-0.2, 0) is 6.18 Å². The normalized spacial score (nSPS) is 18.0. The number of alkyl halides is 3. The second kappa shape index (κ2) is 4.98. The highest BCUT2D eigenvalue weighted by Gasteiger charge is 2.32. The van der Waals surface area contributed by atoms with E-state index in [4.69, 9.17) is 0 Å². The molecule has 5 heteroatoms. The van der Waals surface area contributed by atoms with Gasteiger partial charge in [-0.1, -0.05) is 18.2 Å². The standard InChI is InChI=1S/C16H14F3NO/c17-16(18,19)11-3-6-14-13(7-8-20-15(14)9-11)10-1-4-12(21)5-2-10/h1-6,9,13,20-21H,7-8H2. The Hall–Kier alpha value is -2.17. The summed E-state index contributed by atoms with van der Waals surface area (Å²) in [6.45, 7) is 0.625. The smallest absolute Gasteiger partial charge is 0.416 e. The summed E-state index contributed by atoms with van der Waals surface area (Å²) < 4.78 is 38.3. The van der Waals surface area contributed by atoms with Crippen molar-refractivity contribution in [1.29, 1.82) is 0 Å². The van der Waals surface area contributed by atoms with Gasteiger partial charge in [0.05, 0.1) is 5.56 Å². The van der Waals surface area contributed by atoms with Crippen LogP contribution in [0.2, 0.25) is 0 Å². The third kappa shape index (κ3) is 2.68. The van der Waals surface area contributed by atoms with Gasteiger partial charge in [0.25, 0.3) is 0 Å². The first-order valence-electron chi connectivity index (χ1n) is 6.69. The Kier molecular flexibility index (Phi) is 3.27. The van der Waals surface area contributed by atoms with E-state index in [1.807, 2.05) is 12.1 Å². The van der Waals surface area contributed by atoms with Crippen molar-refractivity contribution in [3.8, 4) is 5.75 Å². The molecule has 0 spiro atoms. The molecule has 1 aliphatic rings. The Morgan fingerprint density at radius 2 is 1.76 bits per heavy atom. The Labute approximate surface area is 120 Å². The van der Waals surface area contributed by atoms with Gasteiger partial charge in [-0.3, -0.25) is 0 Å². The van der Waals surface area contributed by atoms with E-state index in [9.17, 15) is 18.3 Å². The highest BCUT2D eigenvalue weighted by molar-refractivity contribution is 5.59.